The molecule has 6 heteroatoms. The largest absolute Gasteiger partial charge is 0.387 e. The molecule has 0 aliphatic heterocycles. The zero-order valence-electron chi connectivity index (χ0n) is 13.6. The van der Waals surface area contributed by atoms with Crippen molar-refractivity contribution in [1.29, 1.82) is 0 Å². The fraction of sp³-hybridized carbons (Fsp3) is 0.529. The average Bonchev–Trinajstić information content (AvgIpc) is 3.29. The molecule has 3 rings (SSSR count). The number of thioether (sulfide) groups is 1. The van der Waals surface area contributed by atoms with Gasteiger partial charge in [0.2, 0.25) is 5.91 Å². The highest BCUT2D eigenvalue weighted by molar-refractivity contribution is 7.98. The van der Waals surface area contributed by atoms with Gasteiger partial charge in [-0.05, 0) is 38.2 Å². The van der Waals surface area contributed by atoms with E-state index in [1.54, 1.807) is 18.7 Å². The lowest BCUT2D eigenvalue weighted by Crippen LogP contribution is -2.43. The molecule has 1 fully saturated rings. The van der Waals surface area contributed by atoms with Crippen molar-refractivity contribution in [2.45, 2.75) is 37.8 Å². The van der Waals surface area contributed by atoms with Crippen molar-refractivity contribution in [2.75, 3.05) is 18.6 Å². The van der Waals surface area contributed by atoms with E-state index in [4.69, 9.17) is 4.98 Å². The number of carbonyl (C=O) groups excluding carboxylic acids is 1. The van der Waals surface area contributed by atoms with Crippen molar-refractivity contribution in [2.24, 2.45) is 0 Å². The van der Waals surface area contributed by atoms with Crippen LogP contribution in [-0.2, 0) is 11.3 Å². The standard InChI is InChI=1S/C17H23N3O2S/c1-17(22,11-23-2)10-18-15(21)9-20-14-6-4-3-5-13(14)19-16(20)12-7-8-12/h3-6,12,22H,7-11H2,1-2H3,(H,18,21). The summed E-state index contributed by atoms with van der Waals surface area (Å²) in [5, 5.41) is 13.0. The molecular formula is C17H23N3O2S. The Bertz CT molecular complexity index is 707. The van der Waals surface area contributed by atoms with Crippen molar-refractivity contribution in [1.82, 2.24) is 14.9 Å². The van der Waals surface area contributed by atoms with E-state index < -0.39 is 5.60 Å². The Kier molecular flexibility index (Phi) is 4.64. The van der Waals surface area contributed by atoms with E-state index in [1.165, 1.54) is 0 Å². The smallest absolute Gasteiger partial charge is 0.240 e. The fourth-order valence-electron chi connectivity index (χ4n) is 2.76. The minimum atomic E-state index is -0.884. The maximum atomic E-state index is 12.3. The molecule has 1 aliphatic carbocycles. The van der Waals surface area contributed by atoms with Gasteiger partial charge in [0, 0.05) is 18.2 Å². The van der Waals surface area contributed by atoms with E-state index in [0.717, 1.165) is 29.7 Å². The maximum absolute atomic E-state index is 12.3. The van der Waals surface area contributed by atoms with Crippen LogP contribution in [0.15, 0.2) is 24.3 Å². The number of hydrogen-bond acceptors (Lipinski definition) is 4. The third kappa shape index (κ3) is 3.87. The number of nitrogens with one attached hydrogen (secondary N) is 1. The van der Waals surface area contributed by atoms with Crippen molar-refractivity contribution >= 4 is 28.7 Å². The zero-order valence-corrected chi connectivity index (χ0v) is 14.4. The number of amides is 1. The summed E-state index contributed by atoms with van der Waals surface area (Å²) in [5.74, 6) is 2.00. The van der Waals surface area contributed by atoms with Gasteiger partial charge in [0.05, 0.1) is 16.6 Å². The molecule has 1 amide bonds. The van der Waals surface area contributed by atoms with Crippen LogP contribution in [0.3, 0.4) is 0 Å². The first-order valence-corrected chi connectivity index (χ1v) is 9.33. The third-order valence-corrected chi connectivity index (χ3v) is 4.96. The highest BCUT2D eigenvalue weighted by Gasteiger charge is 2.30. The minimum Gasteiger partial charge on any atom is -0.387 e. The van der Waals surface area contributed by atoms with Crippen LogP contribution in [0.25, 0.3) is 11.0 Å². The predicted molar refractivity (Wildman–Crippen MR) is 93.7 cm³/mol. The number of aliphatic hydroxyl groups is 1. The number of imidazole rings is 1. The first kappa shape index (κ1) is 16.3. The van der Waals surface area contributed by atoms with Gasteiger partial charge in [-0.3, -0.25) is 4.79 Å². The van der Waals surface area contributed by atoms with Gasteiger partial charge in [-0.2, -0.15) is 11.8 Å². The van der Waals surface area contributed by atoms with E-state index in [0.29, 0.717) is 11.7 Å². The number of hydrogen-bond donors (Lipinski definition) is 2. The molecule has 1 aromatic carbocycles. The van der Waals surface area contributed by atoms with Crippen LogP contribution in [0.5, 0.6) is 0 Å². The number of nitrogens with zero attached hydrogens (tertiary/aromatic N) is 2. The van der Waals surface area contributed by atoms with E-state index in [1.807, 2.05) is 35.1 Å². The summed E-state index contributed by atoms with van der Waals surface area (Å²) < 4.78 is 2.02. The predicted octanol–water partition coefficient (Wildman–Crippen LogP) is 2.14. The van der Waals surface area contributed by atoms with Gasteiger partial charge in [-0.25, -0.2) is 4.98 Å². The van der Waals surface area contributed by atoms with Crippen molar-refractivity contribution in [3.05, 3.63) is 30.1 Å². The van der Waals surface area contributed by atoms with E-state index in [9.17, 15) is 9.90 Å². The molecular weight excluding hydrogens is 310 g/mol. The Labute approximate surface area is 140 Å². The highest BCUT2D eigenvalue weighted by atomic mass is 32.2. The van der Waals surface area contributed by atoms with Crippen LogP contribution in [0.1, 0.15) is 31.5 Å². The van der Waals surface area contributed by atoms with Gasteiger partial charge < -0.3 is 15.0 Å². The summed E-state index contributed by atoms with van der Waals surface area (Å²) in [5.41, 5.74) is 1.06. The minimum absolute atomic E-state index is 0.0866. The SMILES string of the molecule is CSCC(C)(O)CNC(=O)Cn1c(C2CC2)nc2ccccc21. The molecule has 0 saturated heterocycles. The lowest BCUT2D eigenvalue weighted by atomic mass is 10.1. The van der Waals surface area contributed by atoms with Gasteiger partial charge in [-0.1, -0.05) is 12.1 Å². The van der Waals surface area contributed by atoms with Gasteiger partial charge in [0.15, 0.2) is 0 Å². The van der Waals surface area contributed by atoms with Crippen LogP contribution in [0.2, 0.25) is 0 Å². The topological polar surface area (TPSA) is 67.2 Å². The van der Waals surface area contributed by atoms with Gasteiger partial charge in [-0.15, -0.1) is 0 Å². The quantitative estimate of drug-likeness (QED) is 0.815. The first-order valence-electron chi connectivity index (χ1n) is 7.93. The van der Waals surface area contributed by atoms with Crippen LogP contribution in [0.4, 0.5) is 0 Å². The number of aromatic nitrogens is 2. The Morgan fingerprint density at radius 3 is 2.91 bits per heavy atom. The summed E-state index contributed by atoms with van der Waals surface area (Å²) in [6, 6.07) is 7.93. The second-order valence-electron chi connectivity index (χ2n) is 6.53. The molecule has 1 unspecified atom stereocenters. The summed E-state index contributed by atoms with van der Waals surface area (Å²) in [6.45, 7) is 2.26. The molecule has 1 atom stereocenters. The molecule has 2 N–H and O–H groups in total. The molecule has 1 aliphatic rings. The van der Waals surface area contributed by atoms with Crippen LogP contribution < -0.4 is 5.32 Å². The highest BCUT2D eigenvalue weighted by Crippen LogP contribution is 2.40. The number of rotatable bonds is 7. The van der Waals surface area contributed by atoms with Gasteiger partial charge in [0.25, 0.3) is 0 Å². The third-order valence-electron chi connectivity index (χ3n) is 4.05. The van der Waals surface area contributed by atoms with Crippen LogP contribution in [0, 0.1) is 0 Å². The van der Waals surface area contributed by atoms with Crippen molar-refractivity contribution < 1.29 is 9.90 Å². The molecule has 1 heterocycles. The summed E-state index contributed by atoms with van der Waals surface area (Å²) in [6.07, 6.45) is 4.23. The molecule has 0 bridgehead atoms. The number of fused-ring (bicyclic) bond motifs is 1. The molecule has 0 spiro atoms. The lowest BCUT2D eigenvalue weighted by molar-refractivity contribution is -0.122. The molecule has 5 nitrogen and oxygen atoms in total. The summed E-state index contributed by atoms with van der Waals surface area (Å²) in [7, 11) is 0. The molecule has 124 valence electrons. The van der Waals surface area contributed by atoms with Gasteiger partial charge in [0.1, 0.15) is 12.4 Å². The molecule has 0 radical (unpaired) electrons. The van der Waals surface area contributed by atoms with Crippen LogP contribution in [-0.4, -0.2) is 44.7 Å². The molecule has 1 saturated carbocycles. The lowest BCUT2D eigenvalue weighted by Gasteiger charge is -2.22. The second kappa shape index (κ2) is 6.53. The van der Waals surface area contributed by atoms with E-state index in [-0.39, 0.29) is 19.0 Å². The molecule has 2 aromatic rings. The monoisotopic (exact) mass is 333 g/mol. The number of carbonyl (C=O) groups is 1. The van der Waals surface area contributed by atoms with E-state index in [2.05, 4.69) is 5.32 Å². The van der Waals surface area contributed by atoms with Gasteiger partial charge >= 0.3 is 0 Å². The van der Waals surface area contributed by atoms with Crippen LogP contribution >= 0.6 is 11.8 Å². The Hall–Kier alpha value is -1.53. The summed E-state index contributed by atoms with van der Waals surface area (Å²) >= 11 is 1.57. The Morgan fingerprint density at radius 1 is 1.48 bits per heavy atom. The van der Waals surface area contributed by atoms with Crippen molar-refractivity contribution in [3.8, 4) is 0 Å². The average molecular weight is 333 g/mol. The summed E-state index contributed by atoms with van der Waals surface area (Å²) in [4.78, 5) is 17.0. The maximum Gasteiger partial charge on any atom is 0.240 e. The molecule has 23 heavy (non-hydrogen) atoms. The zero-order chi connectivity index (χ0) is 16.4. The molecule has 1 aromatic heterocycles. The second-order valence-corrected chi connectivity index (χ2v) is 7.39. The van der Waals surface area contributed by atoms with Crippen molar-refractivity contribution in [3.63, 3.8) is 0 Å². The number of para-hydroxylation sites is 2. The fourth-order valence-corrected chi connectivity index (χ4v) is 3.49. The first-order chi connectivity index (χ1) is 11.0. The number of benzene rings is 1. The Morgan fingerprint density at radius 2 is 2.22 bits per heavy atom. The van der Waals surface area contributed by atoms with E-state index >= 15 is 0 Å². The Balaban J connectivity index is 1.73. The normalized spacial score (nSPS) is 17.2.